The summed E-state index contributed by atoms with van der Waals surface area (Å²) in [5.74, 6) is -0.473. The van der Waals surface area contributed by atoms with E-state index in [2.05, 4.69) is 9.97 Å². The lowest BCUT2D eigenvalue weighted by molar-refractivity contribution is 0.0527. The van der Waals surface area contributed by atoms with Crippen molar-refractivity contribution in [1.29, 1.82) is 0 Å². The van der Waals surface area contributed by atoms with E-state index >= 15 is 0 Å². The van der Waals surface area contributed by atoms with Crippen molar-refractivity contribution in [3.05, 3.63) is 42.1 Å². The van der Waals surface area contributed by atoms with E-state index in [9.17, 15) is 4.79 Å². The molecule has 106 valence electrons. The lowest BCUT2D eigenvalue weighted by Crippen LogP contribution is -2.08. The minimum Gasteiger partial charge on any atom is -0.462 e. The molecule has 0 radical (unpaired) electrons. The highest BCUT2D eigenvalue weighted by Crippen LogP contribution is 2.32. The summed E-state index contributed by atoms with van der Waals surface area (Å²) >= 11 is 1.44. The average molecular weight is 299 g/mol. The Hall–Kier alpha value is -2.47. The zero-order chi connectivity index (χ0) is 14.8. The van der Waals surface area contributed by atoms with Gasteiger partial charge in [-0.25, -0.2) is 14.8 Å². The van der Waals surface area contributed by atoms with Crippen LogP contribution in [0.1, 0.15) is 17.3 Å². The summed E-state index contributed by atoms with van der Waals surface area (Å²) in [6.45, 7) is 2.04. The van der Waals surface area contributed by atoms with Gasteiger partial charge in [-0.05, 0) is 6.92 Å². The van der Waals surface area contributed by atoms with Gasteiger partial charge in [0.05, 0.1) is 12.3 Å². The molecule has 0 bridgehead atoms. The van der Waals surface area contributed by atoms with E-state index in [4.69, 9.17) is 10.5 Å². The number of rotatable bonds is 3. The molecule has 21 heavy (non-hydrogen) atoms. The third kappa shape index (κ3) is 2.45. The van der Waals surface area contributed by atoms with Crippen molar-refractivity contribution in [1.82, 2.24) is 9.97 Å². The van der Waals surface area contributed by atoms with Crippen LogP contribution in [0.15, 0.2) is 36.5 Å². The van der Waals surface area contributed by atoms with Gasteiger partial charge >= 0.3 is 5.97 Å². The molecule has 0 amide bonds. The molecule has 0 atom stereocenters. The predicted octanol–water partition coefficient (Wildman–Crippen LogP) is 3.12. The maximum Gasteiger partial charge on any atom is 0.341 e. The minimum absolute atomic E-state index is 0.259. The molecule has 0 aliphatic carbocycles. The maximum absolute atomic E-state index is 11.8. The van der Waals surface area contributed by atoms with Gasteiger partial charge in [0.15, 0.2) is 0 Å². The molecule has 0 saturated carbocycles. The van der Waals surface area contributed by atoms with Crippen LogP contribution in [0.3, 0.4) is 0 Å². The van der Waals surface area contributed by atoms with Gasteiger partial charge in [0, 0.05) is 11.8 Å². The van der Waals surface area contributed by atoms with E-state index in [1.54, 1.807) is 6.92 Å². The topological polar surface area (TPSA) is 78.1 Å². The summed E-state index contributed by atoms with van der Waals surface area (Å²) in [4.78, 5) is 21.3. The molecule has 5 nitrogen and oxygen atoms in total. The van der Waals surface area contributed by atoms with E-state index in [-0.39, 0.29) is 5.56 Å². The maximum atomic E-state index is 11.8. The third-order valence-electron chi connectivity index (χ3n) is 2.98. The van der Waals surface area contributed by atoms with Crippen LogP contribution in [-0.4, -0.2) is 22.5 Å². The first-order valence-corrected chi connectivity index (χ1v) is 7.30. The van der Waals surface area contributed by atoms with Crippen molar-refractivity contribution in [3.63, 3.8) is 0 Å². The highest BCUT2D eigenvalue weighted by molar-refractivity contribution is 7.21. The standard InChI is InChI=1S/C15H13N3O2S/c1-2-20-15(19)10-8-17-14-12(11(10)16)18-13(21-14)9-6-4-3-5-7-9/h3-8H,2H2,1H3,(H2,16,17). The van der Waals surface area contributed by atoms with Crippen molar-refractivity contribution >= 4 is 33.3 Å². The molecule has 2 aromatic heterocycles. The van der Waals surface area contributed by atoms with E-state index in [1.165, 1.54) is 17.5 Å². The Labute approximate surface area is 125 Å². The van der Waals surface area contributed by atoms with Gasteiger partial charge < -0.3 is 10.5 Å². The van der Waals surface area contributed by atoms with Gasteiger partial charge in [0.2, 0.25) is 0 Å². The Balaban J connectivity index is 2.10. The molecule has 0 unspecified atom stereocenters. The first-order chi connectivity index (χ1) is 10.2. The quantitative estimate of drug-likeness (QED) is 0.752. The lowest BCUT2D eigenvalue weighted by atomic mass is 10.2. The second-order valence-corrected chi connectivity index (χ2v) is 5.32. The van der Waals surface area contributed by atoms with Crippen LogP contribution in [0, 0.1) is 0 Å². The number of aromatic nitrogens is 2. The number of carbonyl (C=O) groups is 1. The first kappa shape index (κ1) is 13.5. The summed E-state index contributed by atoms with van der Waals surface area (Å²) in [5.41, 5.74) is 8.16. The molecule has 6 heteroatoms. The first-order valence-electron chi connectivity index (χ1n) is 6.48. The van der Waals surface area contributed by atoms with Crippen molar-refractivity contribution < 1.29 is 9.53 Å². The fourth-order valence-corrected chi connectivity index (χ4v) is 2.90. The minimum atomic E-state index is -0.473. The highest BCUT2D eigenvalue weighted by atomic mass is 32.1. The van der Waals surface area contributed by atoms with Gasteiger partial charge in [0.1, 0.15) is 20.9 Å². The Morgan fingerprint density at radius 3 is 2.81 bits per heavy atom. The van der Waals surface area contributed by atoms with Crippen LogP contribution in [0.25, 0.3) is 20.9 Å². The molecule has 3 aromatic rings. The molecule has 2 heterocycles. The third-order valence-corrected chi connectivity index (χ3v) is 3.99. The van der Waals surface area contributed by atoms with Crippen LogP contribution >= 0.6 is 11.3 Å². The van der Waals surface area contributed by atoms with Crippen molar-refractivity contribution in [2.45, 2.75) is 6.92 Å². The average Bonchev–Trinajstić information content (AvgIpc) is 2.94. The molecule has 0 aliphatic heterocycles. The normalized spacial score (nSPS) is 10.7. The Morgan fingerprint density at radius 1 is 1.33 bits per heavy atom. The van der Waals surface area contributed by atoms with Crippen molar-refractivity contribution in [2.24, 2.45) is 0 Å². The summed E-state index contributed by atoms with van der Waals surface area (Å²) in [5, 5.41) is 0.825. The number of nitrogens with two attached hydrogens (primary N) is 1. The second kappa shape index (κ2) is 5.49. The number of hydrogen-bond acceptors (Lipinski definition) is 6. The van der Waals surface area contributed by atoms with Crippen LogP contribution in [-0.2, 0) is 4.74 Å². The monoisotopic (exact) mass is 299 g/mol. The van der Waals surface area contributed by atoms with Gasteiger partial charge in [0.25, 0.3) is 0 Å². The highest BCUT2D eigenvalue weighted by Gasteiger charge is 2.17. The SMILES string of the molecule is CCOC(=O)c1cnc2sc(-c3ccccc3)nc2c1N. The van der Waals surface area contributed by atoms with Crippen LogP contribution < -0.4 is 5.73 Å². The summed E-state index contributed by atoms with van der Waals surface area (Å²) < 4.78 is 4.97. The van der Waals surface area contributed by atoms with E-state index in [0.29, 0.717) is 22.6 Å². The Kier molecular flexibility index (Phi) is 3.53. The summed E-state index contributed by atoms with van der Waals surface area (Å²) in [6.07, 6.45) is 1.45. The number of fused-ring (bicyclic) bond motifs is 1. The van der Waals surface area contributed by atoms with E-state index in [1.807, 2.05) is 30.3 Å². The van der Waals surface area contributed by atoms with Crippen molar-refractivity contribution in [2.75, 3.05) is 12.3 Å². The summed E-state index contributed by atoms with van der Waals surface area (Å²) in [7, 11) is 0. The fraction of sp³-hybridized carbons (Fsp3) is 0.133. The number of carbonyl (C=O) groups excluding carboxylic acids is 1. The molecular formula is C15H13N3O2S. The number of hydrogen-bond donors (Lipinski definition) is 1. The number of benzene rings is 1. The van der Waals surface area contributed by atoms with Crippen LogP contribution in [0.4, 0.5) is 5.69 Å². The van der Waals surface area contributed by atoms with E-state index < -0.39 is 5.97 Å². The number of esters is 1. The number of thiazole rings is 1. The fourth-order valence-electron chi connectivity index (χ4n) is 1.97. The molecule has 0 saturated heterocycles. The molecule has 2 N–H and O–H groups in total. The van der Waals surface area contributed by atoms with Crippen LogP contribution in [0.5, 0.6) is 0 Å². The van der Waals surface area contributed by atoms with Crippen molar-refractivity contribution in [3.8, 4) is 10.6 Å². The van der Waals surface area contributed by atoms with Gasteiger partial charge in [-0.3, -0.25) is 0 Å². The zero-order valence-electron chi connectivity index (χ0n) is 11.4. The molecule has 3 rings (SSSR count). The second-order valence-electron chi connectivity index (χ2n) is 4.34. The molecule has 1 aromatic carbocycles. The van der Waals surface area contributed by atoms with Gasteiger partial charge in [-0.15, -0.1) is 0 Å². The molecule has 0 spiro atoms. The predicted molar refractivity (Wildman–Crippen MR) is 83.2 cm³/mol. The van der Waals surface area contributed by atoms with E-state index in [0.717, 1.165) is 10.6 Å². The Bertz CT molecular complexity index is 799. The number of anilines is 1. The number of nitrogens with zero attached hydrogens (tertiary/aromatic N) is 2. The number of nitrogen functional groups attached to an aromatic ring is 1. The number of ether oxygens (including phenoxy) is 1. The smallest absolute Gasteiger partial charge is 0.341 e. The number of pyridine rings is 1. The Morgan fingerprint density at radius 2 is 2.10 bits per heavy atom. The van der Waals surface area contributed by atoms with Gasteiger partial charge in [-0.2, -0.15) is 0 Å². The largest absolute Gasteiger partial charge is 0.462 e. The zero-order valence-corrected chi connectivity index (χ0v) is 12.2. The molecule has 0 aliphatic rings. The van der Waals surface area contributed by atoms with Gasteiger partial charge in [-0.1, -0.05) is 41.7 Å². The van der Waals surface area contributed by atoms with Crippen LogP contribution in [0.2, 0.25) is 0 Å². The molecular weight excluding hydrogens is 286 g/mol. The lowest BCUT2D eigenvalue weighted by Gasteiger charge is -2.04. The molecule has 0 fully saturated rings. The summed E-state index contributed by atoms with van der Waals surface area (Å²) in [6, 6.07) is 9.78.